The molecule has 5 nitrogen and oxygen atoms in total. The predicted molar refractivity (Wildman–Crippen MR) is 87.4 cm³/mol. The summed E-state index contributed by atoms with van der Waals surface area (Å²) in [5.74, 6) is -0.531. The molecule has 2 aromatic heterocycles. The summed E-state index contributed by atoms with van der Waals surface area (Å²) in [6.45, 7) is 0.117. The van der Waals surface area contributed by atoms with Crippen molar-refractivity contribution in [3.8, 4) is 0 Å². The van der Waals surface area contributed by atoms with Gasteiger partial charge in [-0.1, -0.05) is 5.16 Å². The highest BCUT2D eigenvalue weighted by Crippen LogP contribution is 2.19. The normalized spacial score (nSPS) is 14.8. The first-order chi connectivity index (χ1) is 11.9. The number of hydrogen-bond donors (Lipinski definition) is 1. The topological polar surface area (TPSA) is 55.1 Å². The maximum atomic E-state index is 12.2. The largest absolute Gasteiger partial charge is 0.395 e. The monoisotopic (exact) mass is 351 g/mol. The number of amides is 1. The first-order valence-corrected chi connectivity index (χ1v) is 7.76. The van der Waals surface area contributed by atoms with Crippen LogP contribution in [0.15, 0.2) is 41.7 Å². The van der Waals surface area contributed by atoms with Gasteiger partial charge in [0.15, 0.2) is 0 Å². The second-order valence-electron chi connectivity index (χ2n) is 5.56. The number of carbonyl (C=O) groups is 1. The molecule has 1 aliphatic rings. The number of fused-ring (bicyclic) bond motifs is 1. The molecule has 2 aromatic rings. The maximum Gasteiger partial charge on any atom is 0.390 e. The van der Waals surface area contributed by atoms with E-state index in [1.165, 1.54) is 0 Å². The van der Waals surface area contributed by atoms with Crippen molar-refractivity contribution in [3.05, 3.63) is 47.8 Å². The summed E-state index contributed by atoms with van der Waals surface area (Å²) in [7, 11) is 0. The van der Waals surface area contributed by atoms with Crippen LogP contribution in [-0.4, -0.2) is 35.3 Å². The van der Waals surface area contributed by atoms with E-state index in [0.29, 0.717) is 17.7 Å². The van der Waals surface area contributed by atoms with Gasteiger partial charge < -0.3 is 14.6 Å². The first-order valence-electron chi connectivity index (χ1n) is 7.76. The van der Waals surface area contributed by atoms with Crippen LogP contribution in [0.4, 0.5) is 13.2 Å². The fourth-order valence-electron chi connectivity index (χ4n) is 2.52. The lowest BCUT2D eigenvalue weighted by molar-refractivity contribution is -0.132. The van der Waals surface area contributed by atoms with Crippen LogP contribution in [0.3, 0.4) is 0 Å². The molecule has 132 valence electrons. The number of allylic oxidation sites excluding steroid dienone is 1. The van der Waals surface area contributed by atoms with Crippen LogP contribution in [0, 0.1) is 0 Å². The summed E-state index contributed by atoms with van der Waals surface area (Å²) in [5.41, 5.74) is 2.60. The third-order valence-corrected chi connectivity index (χ3v) is 3.74. The Labute approximate surface area is 141 Å². The van der Waals surface area contributed by atoms with Crippen molar-refractivity contribution in [2.24, 2.45) is 5.16 Å². The van der Waals surface area contributed by atoms with E-state index in [2.05, 4.69) is 10.5 Å². The summed E-state index contributed by atoms with van der Waals surface area (Å²) >= 11 is 0. The number of rotatable bonds is 5. The highest BCUT2D eigenvalue weighted by atomic mass is 19.4. The van der Waals surface area contributed by atoms with Crippen molar-refractivity contribution in [2.75, 3.05) is 13.2 Å². The van der Waals surface area contributed by atoms with Gasteiger partial charge in [-0.3, -0.25) is 4.79 Å². The van der Waals surface area contributed by atoms with Gasteiger partial charge >= 0.3 is 6.18 Å². The highest BCUT2D eigenvalue weighted by molar-refractivity contribution is 6.01. The number of pyridine rings is 1. The van der Waals surface area contributed by atoms with E-state index < -0.39 is 25.0 Å². The van der Waals surface area contributed by atoms with Crippen molar-refractivity contribution >= 4 is 23.2 Å². The van der Waals surface area contributed by atoms with Crippen molar-refractivity contribution < 1.29 is 22.8 Å². The van der Waals surface area contributed by atoms with E-state index in [1.54, 1.807) is 34.9 Å². The summed E-state index contributed by atoms with van der Waals surface area (Å²) < 4.78 is 38.4. The second kappa shape index (κ2) is 7.00. The van der Waals surface area contributed by atoms with Crippen molar-refractivity contribution in [2.45, 2.75) is 19.0 Å². The molecular formula is C17H16F3N3O2. The molecule has 3 rings (SSSR count). The molecule has 1 amide bonds. The minimum atomic E-state index is -4.29. The lowest BCUT2D eigenvalue weighted by Crippen LogP contribution is -2.28. The van der Waals surface area contributed by atoms with Crippen molar-refractivity contribution in [1.29, 1.82) is 0 Å². The van der Waals surface area contributed by atoms with Crippen LogP contribution < -0.4 is 5.32 Å². The molecular weight excluding hydrogens is 335 g/mol. The summed E-state index contributed by atoms with van der Waals surface area (Å²) in [6, 6.07) is 6.85. The molecule has 0 aromatic carbocycles. The Morgan fingerprint density at radius 2 is 2.16 bits per heavy atom. The van der Waals surface area contributed by atoms with Crippen LogP contribution in [0.1, 0.15) is 28.9 Å². The molecule has 0 bridgehead atoms. The Kier molecular flexibility index (Phi) is 4.78. The number of nitrogens with one attached hydrogen (secondary N) is 1. The van der Waals surface area contributed by atoms with E-state index in [9.17, 15) is 18.0 Å². The number of aromatic nitrogens is 1. The number of nitrogens with zero attached hydrogens (tertiary/aromatic N) is 2. The van der Waals surface area contributed by atoms with Gasteiger partial charge in [0.25, 0.3) is 5.91 Å². The predicted octanol–water partition coefficient (Wildman–Crippen LogP) is 3.41. The zero-order valence-electron chi connectivity index (χ0n) is 13.2. The van der Waals surface area contributed by atoms with E-state index in [-0.39, 0.29) is 0 Å². The Balaban J connectivity index is 1.78. The molecule has 1 N–H and O–H groups in total. The van der Waals surface area contributed by atoms with E-state index in [1.807, 2.05) is 12.2 Å². The van der Waals surface area contributed by atoms with Gasteiger partial charge in [-0.2, -0.15) is 13.2 Å². The van der Waals surface area contributed by atoms with E-state index >= 15 is 0 Å². The molecule has 0 radical (unpaired) electrons. The van der Waals surface area contributed by atoms with Crippen molar-refractivity contribution in [3.63, 3.8) is 0 Å². The van der Waals surface area contributed by atoms with Crippen LogP contribution in [0.2, 0.25) is 0 Å². The second-order valence-corrected chi connectivity index (χ2v) is 5.56. The summed E-state index contributed by atoms with van der Waals surface area (Å²) in [6.07, 6.45) is 0.871. The molecule has 0 spiro atoms. The van der Waals surface area contributed by atoms with Crippen LogP contribution in [0.25, 0.3) is 11.6 Å². The zero-order chi connectivity index (χ0) is 17.9. The molecule has 0 unspecified atom stereocenters. The average molecular weight is 351 g/mol. The minimum Gasteiger partial charge on any atom is -0.395 e. The first kappa shape index (κ1) is 17.1. The fraction of sp³-hybridized carbons (Fsp3) is 0.294. The third kappa shape index (κ3) is 4.20. The molecule has 8 heteroatoms. The molecule has 0 saturated carbocycles. The molecule has 0 fully saturated rings. The quantitative estimate of drug-likeness (QED) is 0.898. The smallest absolute Gasteiger partial charge is 0.390 e. The van der Waals surface area contributed by atoms with Gasteiger partial charge in [-0.05, 0) is 36.4 Å². The lowest BCUT2D eigenvalue weighted by atomic mass is 10.1. The van der Waals surface area contributed by atoms with Gasteiger partial charge in [-0.15, -0.1) is 0 Å². The SMILES string of the molecule is O=C(NCCC(F)(F)F)c1ccc(/C=C/C2=NOCC2)n2cccc12. The average Bonchev–Trinajstić information content (AvgIpc) is 3.22. The van der Waals surface area contributed by atoms with Gasteiger partial charge in [0.1, 0.15) is 6.61 Å². The molecule has 1 aliphatic heterocycles. The Bertz CT molecular complexity index is 837. The van der Waals surface area contributed by atoms with Gasteiger partial charge in [-0.25, -0.2) is 0 Å². The van der Waals surface area contributed by atoms with Crippen LogP contribution in [0.5, 0.6) is 0 Å². The highest BCUT2D eigenvalue weighted by Gasteiger charge is 2.26. The van der Waals surface area contributed by atoms with Gasteiger partial charge in [0.05, 0.1) is 23.2 Å². The van der Waals surface area contributed by atoms with Gasteiger partial charge in [0.2, 0.25) is 0 Å². The minimum absolute atomic E-state index is 0.325. The number of alkyl halides is 3. The molecule has 0 atom stereocenters. The van der Waals surface area contributed by atoms with E-state index in [0.717, 1.165) is 17.8 Å². The third-order valence-electron chi connectivity index (χ3n) is 3.74. The number of hydrogen-bond acceptors (Lipinski definition) is 3. The number of halogens is 3. The lowest BCUT2D eigenvalue weighted by Gasteiger charge is -2.10. The van der Waals surface area contributed by atoms with Gasteiger partial charge in [0, 0.05) is 24.9 Å². The zero-order valence-corrected chi connectivity index (χ0v) is 13.2. The number of carbonyl (C=O) groups excluding carboxylic acids is 1. The molecule has 25 heavy (non-hydrogen) atoms. The molecule has 3 heterocycles. The molecule has 0 saturated heterocycles. The Hall–Kier alpha value is -2.77. The van der Waals surface area contributed by atoms with E-state index in [4.69, 9.17) is 4.84 Å². The summed E-state index contributed by atoms with van der Waals surface area (Å²) in [5, 5.41) is 6.19. The fourth-order valence-corrected chi connectivity index (χ4v) is 2.52. The standard InChI is InChI=1S/C17H16F3N3O2/c18-17(19,20)8-9-21-16(24)14-6-5-13(23-10-1-2-15(14)23)4-3-12-7-11-25-22-12/h1-6,10H,7-9,11H2,(H,21,24)/b4-3+. The Morgan fingerprint density at radius 3 is 2.88 bits per heavy atom. The Morgan fingerprint density at radius 1 is 1.32 bits per heavy atom. The summed E-state index contributed by atoms with van der Waals surface area (Å²) in [4.78, 5) is 17.1. The molecule has 0 aliphatic carbocycles. The van der Waals surface area contributed by atoms with Crippen LogP contribution >= 0.6 is 0 Å². The maximum absolute atomic E-state index is 12.2. The number of oxime groups is 1. The van der Waals surface area contributed by atoms with Crippen LogP contribution in [-0.2, 0) is 4.84 Å². The van der Waals surface area contributed by atoms with Crippen molar-refractivity contribution in [1.82, 2.24) is 9.72 Å².